The summed E-state index contributed by atoms with van der Waals surface area (Å²) in [7, 11) is 0. The minimum atomic E-state index is 0.450. The van der Waals surface area contributed by atoms with Gasteiger partial charge in [-0.15, -0.1) is 0 Å². The van der Waals surface area contributed by atoms with Gasteiger partial charge in [-0.3, -0.25) is 0 Å². The molecule has 1 heteroatoms. The highest BCUT2D eigenvalue weighted by atomic mass is 14.9. The Morgan fingerprint density at radius 1 is 1.07 bits per heavy atom. The summed E-state index contributed by atoms with van der Waals surface area (Å²) in [5.74, 6) is 0. The lowest BCUT2D eigenvalue weighted by atomic mass is 10.0. The zero-order chi connectivity index (χ0) is 11.3. The van der Waals surface area contributed by atoms with E-state index in [0.29, 0.717) is 12.1 Å². The van der Waals surface area contributed by atoms with E-state index in [9.17, 15) is 0 Å². The van der Waals surface area contributed by atoms with Crippen molar-refractivity contribution in [3.8, 4) is 0 Å². The van der Waals surface area contributed by atoms with Crippen LogP contribution in [0.5, 0.6) is 0 Å². The van der Waals surface area contributed by atoms with Gasteiger partial charge in [0.15, 0.2) is 0 Å². The minimum absolute atomic E-state index is 0.450. The third-order valence-electron chi connectivity index (χ3n) is 3.03. The first-order valence-corrected chi connectivity index (χ1v) is 6.02. The van der Waals surface area contributed by atoms with E-state index < -0.39 is 0 Å². The van der Waals surface area contributed by atoms with Crippen LogP contribution in [0.1, 0.15) is 51.3 Å². The summed E-state index contributed by atoms with van der Waals surface area (Å²) < 4.78 is 0. The molecule has 0 amide bonds. The average Bonchev–Trinajstić information content (AvgIpc) is 2.29. The molecule has 0 unspecified atom stereocenters. The molecule has 1 aromatic rings. The first-order chi connectivity index (χ1) is 7.17. The summed E-state index contributed by atoms with van der Waals surface area (Å²) in [6.07, 6.45) is 2.30. The molecular weight excluding hydrogens is 182 g/mol. The molecule has 0 bridgehead atoms. The summed E-state index contributed by atoms with van der Waals surface area (Å²) in [4.78, 5) is 0. The number of benzene rings is 1. The summed E-state index contributed by atoms with van der Waals surface area (Å²) in [5.41, 5.74) is 2.79. The molecule has 0 aliphatic heterocycles. The van der Waals surface area contributed by atoms with Crippen LogP contribution in [0.3, 0.4) is 0 Å². The van der Waals surface area contributed by atoms with Crippen molar-refractivity contribution in [3.63, 3.8) is 0 Å². The lowest BCUT2D eigenvalue weighted by Gasteiger charge is -2.19. The zero-order valence-corrected chi connectivity index (χ0v) is 10.4. The van der Waals surface area contributed by atoms with Crippen LogP contribution < -0.4 is 5.32 Å². The first kappa shape index (κ1) is 12.3. The lowest BCUT2D eigenvalue weighted by Crippen LogP contribution is -2.28. The Morgan fingerprint density at radius 3 is 2.13 bits per heavy atom. The van der Waals surface area contributed by atoms with Crippen molar-refractivity contribution in [1.29, 1.82) is 0 Å². The maximum atomic E-state index is 3.58. The van der Waals surface area contributed by atoms with E-state index in [-0.39, 0.29) is 0 Å². The molecule has 0 fully saturated rings. The molecule has 0 aromatic heterocycles. The number of hydrogen-bond donors (Lipinski definition) is 1. The summed E-state index contributed by atoms with van der Waals surface area (Å²) in [6.45, 7) is 8.87. The van der Waals surface area contributed by atoms with Gasteiger partial charge in [-0.1, -0.05) is 38.1 Å². The Morgan fingerprint density at radius 2 is 1.67 bits per heavy atom. The number of nitrogens with one attached hydrogen (secondary N) is 1. The van der Waals surface area contributed by atoms with Crippen LogP contribution in [0.4, 0.5) is 0 Å². The van der Waals surface area contributed by atoms with E-state index >= 15 is 0 Å². The second kappa shape index (κ2) is 5.92. The first-order valence-electron chi connectivity index (χ1n) is 6.02. The maximum Gasteiger partial charge on any atom is 0.0294 e. The van der Waals surface area contributed by atoms with Gasteiger partial charge in [0.25, 0.3) is 0 Å². The summed E-state index contributed by atoms with van der Waals surface area (Å²) in [6, 6.07) is 9.96. The van der Waals surface area contributed by atoms with Crippen molar-refractivity contribution in [3.05, 3.63) is 35.4 Å². The number of rotatable bonds is 5. The molecule has 1 nitrogen and oxygen atoms in total. The molecule has 0 heterocycles. The van der Waals surface area contributed by atoms with E-state index in [1.165, 1.54) is 17.5 Å². The highest BCUT2D eigenvalue weighted by Crippen LogP contribution is 2.14. The van der Waals surface area contributed by atoms with Gasteiger partial charge < -0.3 is 5.32 Å². The normalized spacial score (nSPS) is 14.9. The van der Waals surface area contributed by atoms with E-state index in [0.717, 1.165) is 6.42 Å². The van der Waals surface area contributed by atoms with Gasteiger partial charge in [0, 0.05) is 12.1 Å². The molecular formula is C14H23N. The van der Waals surface area contributed by atoms with Crippen molar-refractivity contribution in [2.45, 2.75) is 52.6 Å². The van der Waals surface area contributed by atoms with Crippen LogP contribution in [0.2, 0.25) is 0 Å². The van der Waals surface area contributed by atoms with Gasteiger partial charge in [0.2, 0.25) is 0 Å². The monoisotopic (exact) mass is 205 g/mol. The molecule has 0 saturated carbocycles. The molecule has 0 spiro atoms. The molecule has 0 aliphatic rings. The predicted octanol–water partition coefficient (Wildman–Crippen LogP) is 3.70. The maximum absolute atomic E-state index is 3.58. The molecule has 0 saturated heterocycles. The van der Waals surface area contributed by atoms with Crippen LogP contribution >= 0.6 is 0 Å². The fraction of sp³-hybridized carbons (Fsp3) is 0.571. The standard InChI is InChI=1S/C14H23N/c1-5-11(3)15-12(4)14-9-7-13(6-2)8-10-14/h7-12,15H,5-6H2,1-4H3/t11-,12-/m1/s1. The van der Waals surface area contributed by atoms with Gasteiger partial charge in [-0.25, -0.2) is 0 Å². The second-order valence-corrected chi connectivity index (χ2v) is 4.29. The highest BCUT2D eigenvalue weighted by molar-refractivity contribution is 5.24. The van der Waals surface area contributed by atoms with Crippen molar-refractivity contribution in [2.75, 3.05) is 0 Å². The smallest absolute Gasteiger partial charge is 0.0294 e. The van der Waals surface area contributed by atoms with Gasteiger partial charge in [0.05, 0.1) is 0 Å². The van der Waals surface area contributed by atoms with Gasteiger partial charge >= 0.3 is 0 Å². The molecule has 84 valence electrons. The SMILES string of the molecule is CCc1ccc([C@@H](C)N[C@H](C)CC)cc1. The fourth-order valence-electron chi connectivity index (χ4n) is 1.68. The van der Waals surface area contributed by atoms with Gasteiger partial charge in [-0.05, 0) is 37.8 Å². The number of aryl methyl sites for hydroxylation is 1. The molecule has 1 aromatic carbocycles. The quantitative estimate of drug-likeness (QED) is 0.773. The van der Waals surface area contributed by atoms with Crippen molar-refractivity contribution < 1.29 is 0 Å². The molecule has 0 aliphatic carbocycles. The fourth-order valence-corrected chi connectivity index (χ4v) is 1.68. The Hall–Kier alpha value is -0.820. The Balaban J connectivity index is 2.61. The molecule has 0 radical (unpaired) electrons. The van der Waals surface area contributed by atoms with Crippen LogP contribution in [0.25, 0.3) is 0 Å². The van der Waals surface area contributed by atoms with Crippen LogP contribution in [0, 0.1) is 0 Å². The summed E-state index contributed by atoms with van der Waals surface area (Å²) >= 11 is 0. The second-order valence-electron chi connectivity index (χ2n) is 4.29. The Kier molecular flexibility index (Phi) is 4.83. The third-order valence-corrected chi connectivity index (χ3v) is 3.03. The largest absolute Gasteiger partial charge is 0.308 e. The van der Waals surface area contributed by atoms with Crippen LogP contribution in [-0.4, -0.2) is 6.04 Å². The molecule has 2 atom stereocenters. The molecule has 1 N–H and O–H groups in total. The average molecular weight is 205 g/mol. The third kappa shape index (κ3) is 3.67. The van der Waals surface area contributed by atoms with Crippen molar-refractivity contribution >= 4 is 0 Å². The van der Waals surface area contributed by atoms with E-state index in [1.54, 1.807) is 0 Å². The molecule has 1 rings (SSSR count). The zero-order valence-electron chi connectivity index (χ0n) is 10.4. The van der Waals surface area contributed by atoms with Crippen molar-refractivity contribution in [2.24, 2.45) is 0 Å². The van der Waals surface area contributed by atoms with Gasteiger partial charge in [-0.2, -0.15) is 0 Å². The Bertz CT molecular complexity index is 276. The summed E-state index contributed by atoms with van der Waals surface area (Å²) in [5, 5.41) is 3.58. The van der Waals surface area contributed by atoms with Crippen LogP contribution in [-0.2, 0) is 6.42 Å². The molecule has 15 heavy (non-hydrogen) atoms. The van der Waals surface area contributed by atoms with E-state index in [4.69, 9.17) is 0 Å². The predicted molar refractivity (Wildman–Crippen MR) is 67.1 cm³/mol. The number of hydrogen-bond acceptors (Lipinski definition) is 1. The highest BCUT2D eigenvalue weighted by Gasteiger charge is 2.07. The topological polar surface area (TPSA) is 12.0 Å². The lowest BCUT2D eigenvalue weighted by molar-refractivity contribution is 0.469. The minimum Gasteiger partial charge on any atom is -0.308 e. The van der Waals surface area contributed by atoms with E-state index in [1.807, 2.05) is 0 Å². The van der Waals surface area contributed by atoms with Gasteiger partial charge in [0.1, 0.15) is 0 Å². The van der Waals surface area contributed by atoms with Crippen LogP contribution in [0.15, 0.2) is 24.3 Å². The van der Waals surface area contributed by atoms with E-state index in [2.05, 4.69) is 57.3 Å². The Labute approximate surface area is 93.9 Å². The van der Waals surface area contributed by atoms with Crippen molar-refractivity contribution in [1.82, 2.24) is 5.32 Å².